The molecule has 2 heterocycles. The molecule has 1 aliphatic rings. The van der Waals surface area contributed by atoms with Gasteiger partial charge in [-0.15, -0.1) is 0 Å². The van der Waals surface area contributed by atoms with Crippen LogP contribution < -0.4 is 5.32 Å². The van der Waals surface area contributed by atoms with E-state index in [1.165, 1.54) is 6.42 Å². The van der Waals surface area contributed by atoms with E-state index in [2.05, 4.69) is 60.3 Å². The maximum Gasteiger partial charge on any atom is 0.374 e. The first-order chi connectivity index (χ1) is 17.7. The van der Waals surface area contributed by atoms with Crippen LogP contribution in [0.5, 0.6) is 5.75 Å². The molecule has 2 aromatic carbocycles. The Balaban J connectivity index is 1.75. The Morgan fingerprint density at radius 3 is 2.43 bits per heavy atom. The first-order valence-electron chi connectivity index (χ1n) is 12.9. The standard InChI is InChI=1S/C29H33N5O3/c1-16(2)21-12-13-23(35)22(14-21)28-33-26-24(34(28)15-19-10-8-17(3)9-11-19)25(31-27(32-26)29(36)37)30-18(4)20-6-5-7-20/h8-14,16,18,20,35H,5-7,15H2,1-4H3,(H,36,37)(H,30,31,32)/t18-/m1/s1. The smallest absolute Gasteiger partial charge is 0.374 e. The number of anilines is 1. The third-order valence-electron chi connectivity index (χ3n) is 7.41. The van der Waals surface area contributed by atoms with Crippen molar-refractivity contribution in [2.24, 2.45) is 5.92 Å². The van der Waals surface area contributed by atoms with E-state index in [0.29, 0.717) is 35.2 Å². The van der Waals surface area contributed by atoms with Gasteiger partial charge in [-0.25, -0.2) is 19.7 Å². The second kappa shape index (κ2) is 9.84. The molecule has 1 fully saturated rings. The first kappa shape index (κ1) is 24.7. The molecule has 8 heteroatoms. The predicted octanol–water partition coefficient (Wildman–Crippen LogP) is 5.98. The molecule has 37 heavy (non-hydrogen) atoms. The Morgan fingerprint density at radius 1 is 1.08 bits per heavy atom. The van der Waals surface area contributed by atoms with Crippen molar-refractivity contribution in [3.05, 3.63) is 65.0 Å². The molecule has 2 aromatic heterocycles. The van der Waals surface area contributed by atoms with Crippen LogP contribution in [0.15, 0.2) is 42.5 Å². The quantitative estimate of drug-likeness (QED) is 0.273. The monoisotopic (exact) mass is 499 g/mol. The van der Waals surface area contributed by atoms with Crippen LogP contribution in [0.4, 0.5) is 5.82 Å². The number of hydrogen-bond donors (Lipinski definition) is 3. The third-order valence-corrected chi connectivity index (χ3v) is 7.41. The number of aryl methyl sites for hydroxylation is 1. The second-order valence-electron chi connectivity index (χ2n) is 10.4. The minimum absolute atomic E-state index is 0.105. The van der Waals surface area contributed by atoms with E-state index >= 15 is 0 Å². The number of aromatic hydroxyl groups is 1. The summed E-state index contributed by atoms with van der Waals surface area (Å²) in [6, 6.07) is 13.9. The van der Waals surface area contributed by atoms with Crippen LogP contribution in [0, 0.1) is 12.8 Å². The average molecular weight is 500 g/mol. The van der Waals surface area contributed by atoms with Gasteiger partial charge in [-0.1, -0.05) is 56.2 Å². The van der Waals surface area contributed by atoms with Gasteiger partial charge in [-0.2, -0.15) is 0 Å². The molecule has 1 saturated carbocycles. The molecule has 0 amide bonds. The molecule has 1 aliphatic carbocycles. The van der Waals surface area contributed by atoms with E-state index in [9.17, 15) is 15.0 Å². The van der Waals surface area contributed by atoms with Gasteiger partial charge in [0.2, 0.25) is 5.82 Å². The Morgan fingerprint density at radius 2 is 1.81 bits per heavy atom. The molecule has 1 atom stereocenters. The van der Waals surface area contributed by atoms with Gasteiger partial charge in [0.05, 0.1) is 5.56 Å². The van der Waals surface area contributed by atoms with Crippen molar-refractivity contribution in [1.82, 2.24) is 19.5 Å². The lowest BCUT2D eigenvalue weighted by Gasteiger charge is -2.32. The number of rotatable bonds is 8. The normalized spacial score (nSPS) is 14.6. The molecule has 3 N–H and O–H groups in total. The molecular weight excluding hydrogens is 466 g/mol. The van der Waals surface area contributed by atoms with Gasteiger partial charge in [0, 0.05) is 12.6 Å². The number of aromatic carboxylic acids is 1. The van der Waals surface area contributed by atoms with Gasteiger partial charge < -0.3 is 20.1 Å². The van der Waals surface area contributed by atoms with E-state index in [4.69, 9.17) is 4.98 Å². The lowest BCUT2D eigenvalue weighted by molar-refractivity contribution is 0.0684. The largest absolute Gasteiger partial charge is 0.507 e. The van der Waals surface area contributed by atoms with E-state index < -0.39 is 5.97 Å². The van der Waals surface area contributed by atoms with Crippen LogP contribution in [-0.4, -0.2) is 41.7 Å². The van der Waals surface area contributed by atoms with Crippen molar-refractivity contribution < 1.29 is 15.0 Å². The molecule has 0 spiro atoms. The minimum Gasteiger partial charge on any atom is -0.507 e. The fourth-order valence-corrected chi connectivity index (χ4v) is 4.83. The van der Waals surface area contributed by atoms with E-state index in [0.717, 1.165) is 29.5 Å². The van der Waals surface area contributed by atoms with Gasteiger partial charge in [-0.05, 0) is 61.8 Å². The number of fused-ring (bicyclic) bond motifs is 1. The first-order valence-corrected chi connectivity index (χ1v) is 12.9. The zero-order valence-corrected chi connectivity index (χ0v) is 21.7. The highest BCUT2D eigenvalue weighted by molar-refractivity contribution is 5.92. The summed E-state index contributed by atoms with van der Waals surface area (Å²) >= 11 is 0. The summed E-state index contributed by atoms with van der Waals surface area (Å²) in [5, 5.41) is 24.1. The topological polar surface area (TPSA) is 113 Å². The maximum atomic E-state index is 11.9. The highest BCUT2D eigenvalue weighted by Crippen LogP contribution is 2.37. The fraction of sp³-hybridized carbons (Fsp3) is 0.379. The van der Waals surface area contributed by atoms with Gasteiger partial charge in [-0.3, -0.25) is 0 Å². The van der Waals surface area contributed by atoms with Crippen LogP contribution in [0.3, 0.4) is 0 Å². The number of phenolic OH excluding ortho intramolecular Hbond substituents is 1. The predicted molar refractivity (Wildman–Crippen MR) is 144 cm³/mol. The Kier molecular flexibility index (Phi) is 6.58. The molecule has 192 valence electrons. The minimum atomic E-state index is -1.21. The molecule has 0 bridgehead atoms. The number of imidazole rings is 1. The number of carboxylic acids is 1. The number of nitrogens with zero attached hydrogens (tertiary/aromatic N) is 4. The number of benzene rings is 2. The van der Waals surface area contributed by atoms with Crippen LogP contribution >= 0.6 is 0 Å². The average Bonchev–Trinajstić information content (AvgIpc) is 3.17. The molecule has 4 aromatic rings. The highest BCUT2D eigenvalue weighted by Gasteiger charge is 2.28. The van der Waals surface area contributed by atoms with Crippen molar-refractivity contribution in [2.75, 3.05) is 5.32 Å². The van der Waals surface area contributed by atoms with Gasteiger partial charge in [0.25, 0.3) is 0 Å². The van der Waals surface area contributed by atoms with E-state index in [-0.39, 0.29) is 29.2 Å². The Bertz CT molecular complexity index is 1450. The fourth-order valence-electron chi connectivity index (χ4n) is 4.83. The molecule has 0 saturated heterocycles. The summed E-state index contributed by atoms with van der Waals surface area (Å²) < 4.78 is 1.99. The summed E-state index contributed by atoms with van der Waals surface area (Å²) in [5.41, 5.74) is 4.76. The highest BCUT2D eigenvalue weighted by atomic mass is 16.4. The summed E-state index contributed by atoms with van der Waals surface area (Å²) in [4.78, 5) is 25.4. The second-order valence-corrected chi connectivity index (χ2v) is 10.4. The van der Waals surface area contributed by atoms with Gasteiger partial charge in [0.1, 0.15) is 17.1 Å². The number of carbonyl (C=O) groups is 1. The Labute approximate surface area is 216 Å². The Hall–Kier alpha value is -3.94. The lowest BCUT2D eigenvalue weighted by Crippen LogP contribution is -2.31. The molecule has 5 rings (SSSR count). The van der Waals surface area contributed by atoms with Crippen molar-refractivity contribution in [1.29, 1.82) is 0 Å². The lowest BCUT2D eigenvalue weighted by atomic mass is 9.80. The van der Waals surface area contributed by atoms with Crippen LogP contribution in [0.1, 0.15) is 73.3 Å². The van der Waals surface area contributed by atoms with E-state index in [1.54, 1.807) is 6.07 Å². The molecule has 0 aliphatic heterocycles. The zero-order chi connectivity index (χ0) is 26.3. The summed E-state index contributed by atoms with van der Waals surface area (Å²) in [5.74, 6) is 0.335. The summed E-state index contributed by atoms with van der Waals surface area (Å²) in [7, 11) is 0. The maximum absolute atomic E-state index is 11.9. The van der Waals surface area contributed by atoms with Crippen LogP contribution in [-0.2, 0) is 6.54 Å². The van der Waals surface area contributed by atoms with Gasteiger partial charge >= 0.3 is 5.97 Å². The van der Waals surface area contributed by atoms with Gasteiger partial charge in [0.15, 0.2) is 11.5 Å². The number of aromatic nitrogens is 4. The number of nitrogens with one attached hydrogen (secondary N) is 1. The molecule has 0 unspecified atom stereocenters. The molecular formula is C29H33N5O3. The summed E-state index contributed by atoms with van der Waals surface area (Å²) in [6.45, 7) is 8.81. The van der Waals surface area contributed by atoms with Crippen molar-refractivity contribution >= 4 is 23.0 Å². The number of phenols is 1. The third kappa shape index (κ3) is 4.88. The number of carboxylic acid groups (broad SMARTS) is 1. The molecule has 8 nitrogen and oxygen atoms in total. The van der Waals surface area contributed by atoms with E-state index in [1.807, 2.05) is 23.6 Å². The molecule has 0 radical (unpaired) electrons. The van der Waals surface area contributed by atoms with Crippen LogP contribution in [0.25, 0.3) is 22.6 Å². The van der Waals surface area contributed by atoms with Crippen molar-refractivity contribution in [3.63, 3.8) is 0 Å². The summed E-state index contributed by atoms with van der Waals surface area (Å²) in [6.07, 6.45) is 3.48. The van der Waals surface area contributed by atoms with Crippen LogP contribution in [0.2, 0.25) is 0 Å². The van der Waals surface area contributed by atoms with Crippen molar-refractivity contribution in [3.8, 4) is 17.1 Å². The number of hydrogen-bond acceptors (Lipinski definition) is 6. The zero-order valence-electron chi connectivity index (χ0n) is 21.7. The SMILES string of the molecule is Cc1ccc(Cn2c(-c3cc(C(C)C)ccc3O)nc3nc(C(=O)O)nc(N[C@H](C)C4CCC4)c32)cc1. The van der Waals surface area contributed by atoms with Crippen molar-refractivity contribution in [2.45, 2.75) is 65.5 Å².